The number of hydrogen-bond acceptors (Lipinski definition) is 5. The summed E-state index contributed by atoms with van der Waals surface area (Å²) in [4.78, 5) is 4.68. The molecule has 5 nitrogen and oxygen atoms in total. The quantitative estimate of drug-likeness (QED) is 0.473. The van der Waals surface area contributed by atoms with E-state index in [1.807, 2.05) is 11.6 Å². The SMILES string of the molecule is O=S(=O)(OCC(F)(F)C(F)F)c1ccc(-c2cn3ccsc3n2)cc1. The second-order valence-corrected chi connectivity index (χ2v) is 7.51. The van der Waals surface area contributed by atoms with Crippen molar-refractivity contribution in [2.45, 2.75) is 17.2 Å². The zero-order valence-electron chi connectivity index (χ0n) is 12.3. The number of imidazole rings is 1. The van der Waals surface area contributed by atoms with Gasteiger partial charge in [0.15, 0.2) is 4.96 Å². The van der Waals surface area contributed by atoms with Crippen molar-refractivity contribution in [3.05, 3.63) is 42.0 Å². The first-order valence-electron chi connectivity index (χ1n) is 6.77. The molecule has 0 radical (unpaired) electrons. The molecule has 134 valence electrons. The van der Waals surface area contributed by atoms with Crippen LogP contribution >= 0.6 is 11.3 Å². The van der Waals surface area contributed by atoms with Crippen LogP contribution in [0.15, 0.2) is 46.9 Å². The molecule has 0 N–H and O–H groups in total. The molecular formula is C14H10F4N2O3S2. The summed E-state index contributed by atoms with van der Waals surface area (Å²) in [6.45, 7) is -1.92. The molecule has 1 aromatic carbocycles. The Hall–Kier alpha value is -1.98. The van der Waals surface area contributed by atoms with Gasteiger partial charge in [0, 0.05) is 23.3 Å². The molecule has 0 spiro atoms. The van der Waals surface area contributed by atoms with Crippen molar-refractivity contribution in [2.75, 3.05) is 6.61 Å². The monoisotopic (exact) mass is 394 g/mol. The van der Waals surface area contributed by atoms with Crippen molar-refractivity contribution in [3.8, 4) is 11.3 Å². The molecule has 3 rings (SSSR count). The molecule has 0 fully saturated rings. The molecular weight excluding hydrogens is 384 g/mol. The summed E-state index contributed by atoms with van der Waals surface area (Å²) < 4.78 is 79.2. The molecule has 2 aromatic heterocycles. The minimum absolute atomic E-state index is 0.415. The maximum atomic E-state index is 12.8. The summed E-state index contributed by atoms with van der Waals surface area (Å²) in [5.74, 6) is -4.55. The molecule has 0 bridgehead atoms. The number of benzene rings is 1. The topological polar surface area (TPSA) is 60.7 Å². The molecule has 3 aromatic rings. The molecule has 0 aliphatic heterocycles. The lowest BCUT2D eigenvalue weighted by atomic mass is 10.2. The lowest BCUT2D eigenvalue weighted by molar-refractivity contribution is -0.147. The first-order valence-corrected chi connectivity index (χ1v) is 9.06. The van der Waals surface area contributed by atoms with Gasteiger partial charge in [-0.05, 0) is 12.1 Å². The van der Waals surface area contributed by atoms with Crippen molar-refractivity contribution in [3.63, 3.8) is 0 Å². The highest BCUT2D eigenvalue weighted by atomic mass is 32.2. The number of halogens is 4. The van der Waals surface area contributed by atoms with Crippen molar-refractivity contribution in [2.24, 2.45) is 0 Å². The van der Waals surface area contributed by atoms with Gasteiger partial charge >= 0.3 is 12.3 Å². The average Bonchev–Trinajstić information content (AvgIpc) is 3.15. The number of aromatic nitrogens is 2. The van der Waals surface area contributed by atoms with E-state index in [0.717, 1.165) is 17.1 Å². The standard InChI is InChI=1S/C14H10F4N2O3S2/c15-12(16)14(17,18)8-23-25(21,22)10-3-1-9(2-4-10)11-7-20-5-6-24-13(20)19-11/h1-7,12H,8H2. The van der Waals surface area contributed by atoms with Crippen molar-refractivity contribution in [1.82, 2.24) is 9.38 Å². The maximum absolute atomic E-state index is 12.8. The molecule has 0 saturated carbocycles. The fourth-order valence-corrected chi connectivity index (χ4v) is 3.56. The second-order valence-electron chi connectivity index (χ2n) is 5.02. The van der Waals surface area contributed by atoms with Gasteiger partial charge in [0.2, 0.25) is 0 Å². The van der Waals surface area contributed by atoms with Gasteiger partial charge in [-0.15, -0.1) is 11.3 Å². The number of alkyl halides is 4. The predicted octanol–water partition coefficient (Wildman–Crippen LogP) is 3.67. The molecule has 0 saturated heterocycles. The van der Waals surface area contributed by atoms with Crippen LogP contribution in [-0.4, -0.2) is 36.8 Å². The second kappa shape index (κ2) is 6.39. The first-order chi connectivity index (χ1) is 11.7. The van der Waals surface area contributed by atoms with Gasteiger partial charge in [-0.2, -0.15) is 17.2 Å². The van der Waals surface area contributed by atoms with Gasteiger partial charge in [0.1, 0.15) is 6.61 Å². The van der Waals surface area contributed by atoms with Crippen molar-refractivity contribution >= 4 is 26.4 Å². The summed E-state index contributed by atoms with van der Waals surface area (Å²) >= 11 is 1.43. The van der Waals surface area contributed by atoms with Crippen LogP contribution in [0.3, 0.4) is 0 Å². The Labute approximate surface area is 143 Å². The lowest BCUT2D eigenvalue weighted by Crippen LogP contribution is -2.33. The number of rotatable bonds is 6. The number of fused-ring (bicyclic) bond motifs is 1. The highest BCUT2D eigenvalue weighted by Gasteiger charge is 2.42. The fraction of sp³-hybridized carbons (Fsp3) is 0.214. The first kappa shape index (κ1) is 17.8. The summed E-state index contributed by atoms with van der Waals surface area (Å²) in [6, 6.07) is 5.12. The third-order valence-corrected chi connectivity index (χ3v) is 5.31. The van der Waals surface area contributed by atoms with E-state index >= 15 is 0 Å². The van der Waals surface area contributed by atoms with Gasteiger partial charge in [-0.3, -0.25) is 8.58 Å². The Kier molecular flexibility index (Phi) is 4.56. The van der Waals surface area contributed by atoms with Crippen LogP contribution < -0.4 is 0 Å². The van der Waals surface area contributed by atoms with Crippen molar-refractivity contribution in [1.29, 1.82) is 0 Å². The molecule has 11 heteroatoms. The third-order valence-electron chi connectivity index (χ3n) is 3.26. The smallest absolute Gasteiger partial charge is 0.297 e. The van der Waals surface area contributed by atoms with E-state index in [2.05, 4.69) is 9.17 Å². The van der Waals surface area contributed by atoms with E-state index in [0.29, 0.717) is 11.3 Å². The average molecular weight is 394 g/mol. The van der Waals surface area contributed by atoms with Crippen LogP contribution in [0.2, 0.25) is 0 Å². The van der Waals surface area contributed by atoms with Crippen LogP contribution in [0.25, 0.3) is 16.2 Å². The molecule has 0 aliphatic rings. The molecule has 0 atom stereocenters. The maximum Gasteiger partial charge on any atom is 0.331 e. The van der Waals surface area contributed by atoms with Crippen LogP contribution in [0.5, 0.6) is 0 Å². The highest BCUT2D eigenvalue weighted by molar-refractivity contribution is 7.86. The Morgan fingerprint density at radius 3 is 2.52 bits per heavy atom. The minimum atomic E-state index is -4.58. The number of hydrogen-bond donors (Lipinski definition) is 0. The molecule has 0 unspecified atom stereocenters. The van der Waals surface area contributed by atoms with E-state index in [4.69, 9.17) is 0 Å². The highest BCUT2D eigenvalue weighted by Crippen LogP contribution is 2.26. The molecule has 0 aliphatic carbocycles. The van der Waals surface area contributed by atoms with E-state index in [1.54, 1.807) is 10.6 Å². The van der Waals surface area contributed by atoms with E-state index < -0.39 is 34.0 Å². The summed E-state index contributed by atoms with van der Waals surface area (Å²) in [7, 11) is -4.58. The largest absolute Gasteiger partial charge is 0.331 e. The predicted molar refractivity (Wildman–Crippen MR) is 82.6 cm³/mol. The Morgan fingerprint density at radius 2 is 1.92 bits per heavy atom. The van der Waals surface area contributed by atoms with Crippen LogP contribution in [0, 0.1) is 0 Å². The summed E-state index contributed by atoms with van der Waals surface area (Å²) in [5, 5.41) is 1.86. The Morgan fingerprint density at radius 1 is 1.24 bits per heavy atom. The molecule has 2 heterocycles. The van der Waals surface area contributed by atoms with Crippen molar-refractivity contribution < 1.29 is 30.2 Å². The normalized spacial score (nSPS) is 13.0. The minimum Gasteiger partial charge on any atom is -0.297 e. The Bertz CT molecular complexity index is 953. The van der Waals surface area contributed by atoms with Gasteiger partial charge in [-0.25, -0.2) is 13.8 Å². The van der Waals surface area contributed by atoms with Crippen LogP contribution in [-0.2, 0) is 14.3 Å². The summed E-state index contributed by atoms with van der Waals surface area (Å²) in [6.07, 6.45) is -0.457. The van der Waals surface area contributed by atoms with E-state index in [-0.39, 0.29) is 0 Å². The summed E-state index contributed by atoms with van der Waals surface area (Å²) in [5.41, 5.74) is 1.20. The van der Waals surface area contributed by atoms with Crippen LogP contribution in [0.4, 0.5) is 17.6 Å². The molecule has 0 amide bonds. The molecule has 25 heavy (non-hydrogen) atoms. The lowest BCUT2D eigenvalue weighted by Gasteiger charge is -2.15. The fourth-order valence-electron chi connectivity index (χ4n) is 1.95. The zero-order valence-corrected chi connectivity index (χ0v) is 13.9. The number of nitrogens with zero attached hydrogens (tertiary/aromatic N) is 2. The van der Waals surface area contributed by atoms with Gasteiger partial charge < -0.3 is 0 Å². The third kappa shape index (κ3) is 3.67. The number of thiazole rings is 1. The van der Waals surface area contributed by atoms with Gasteiger partial charge in [-0.1, -0.05) is 12.1 Å². The van der Waals surface area contributed by atoms with E-state index in [1.165, 1.54) is 23.5 Å². The van der Waals surface area contributed by atoms with Gasteiger partial charge in [0.25, 0.3) is 10.1 Å². The van der Waals surface area contributed by atoms with E-state index in [9.17, 15) is 26.0 Å². The Balaban J connectivity index is 1.78. The van der Waals surface area contributed by atoms with Gasteiger partial charge in [0.05, 0.1) is 10.6 Å². The zero-order chi connectivity index (χ0) is 18.2. The van der Waals surface area contributed by atoms with Crippen LogP contribution in [0.1, 0.15) is 0 Å².